The first-order valence-electron chi connectivity index (χ1n) is 36.2. The number of phosphoric acid groups is 2. The first kappa shape index (κ1) is 86.1. The van der Waals surface area contributed by atoms with Crippen LogP contribution in [0.5, 0.6) is 0 Å². The lowest BCUT2D eigenvalue weighted by Crippen LogP contribution is -2.30. The molecule has 0 aliphatic rings. The molecular formula is C69H134O17P2. The average Bonchev–Trinajstić information content (AvgIpc) is 3.53. The molecule has 0 spiro atoms. The maximum absolute atomic E-state index is 13.0. The largest absolute Gasteiger partial charge is 0.472 e. The summed E-state index contributed by atoms with van der Waals surface area (Å²) in [6.07, 6.45) is 48.3. The van der Waals surface area contributed by atoms with E-state index in [1.807, 2.05) is 0 Å². The van der Waals surface area contributed by atoms with Crippen LogP contribution in [0.3, 0.4) is 0 Å². The Morgan fingerprint density at radius 1 is 0.318 bits per heavy atom. The average molecular weight is 1300 g/mol. The summed E-state index contributed by atoms with van der Waals surface area (Å²) in [5, 5.41) is 10.6. The normalized spacial score (nSPS) is 14.4. The highest BCUT2D eigenvalue weighted by Gasteiger charge is 2.30. The molecule has 0 aliphatic heterocycles. The van der Waals surface area contributed by atoms with Crippen molar-refractivity contribution in [1.82, 2.24) is 0 Å². The van der Waals surface area contributed by atoms with Crippen molar-refractivity contribution in [2.75, 3.05) is 39.6 Å². The molecule has 0 fully saturated rings. The van der Waals surface area contributed by atoms with Crippen LogP contribution in [0.25, 0.3) is 0 Å². The molecule has 6 atom stereocenters. The van der Waals surface area contributed by atoms with Gasteiger partial charge < -0.3 is 33.8 Å². The minimum atomic E-state index is -4.95. The number of hydrogen-bond donors (Lipinski definition) is 3. The van der Waals surface area contributed by atoms with E-state index in [1.54, 1.807) is 0 Å². The van der Waals surface area contributed by atoms with Crippen LogP contribution >= 0.6 is 15.6 Å². The molecule has 3 N–H and O–H groups in total. The van der Waals surface area contributed by atoms with Gasteiger partial charge in [0.1, 0.15) is 19.3 Å². The molecule has 88 heavy (non-hydrogen) atoms. The summed E-state index contributed by atoms with van der Waals surface area (Å²) in [6.45, 7) is 7.26. The number of hydrogen-bond acceptors (Lipinski definition) is 15. The fraction of sp³-hybridized carbons (Fsp3) is 0.942. The van der Waals surface area contributed by atoms with Crippen LogP contribution < -0.4 is 0 Å². The lowest BCUT2D eigenvalue weighted by atomic mass is 9.99. The molecule has 522 valence electrons. The number of aliphatic hydroxyl groups is 1. The number of aliphatic hydroxyl groups excluding tert-OH is 1. The van der Waals surface area contributed by atoms with E-state index < -0.39 is 97.5 Å². The van der Waals surface area contributed by atoms with Gasteiger partial charge in [-0.1, -0.05) is 304 Å². The summed E-state index contributed by atoms with van der Waals surface area (Å²) < 4.78 is 68.2. The third-order valence-corrected chi connectivity index (χ3v) is 18.3. The van der Waals surface area contributed by atoms with Crippen molar-refractivity contribution in [3.05, 3.63) is 0 Å². The molecule has 0 bridgehead atoms. The molecule has 19 heteroatoms. The third kappa shape index (κ3) is 61.6. The Hall–Kier alpha value is -1.94. The van der Waals surface area contributed by atoms with Gasteiger partial charge in [0, 0.05) is 25.7 Å². The predicted molar refractivity (Wildman–Crippen MR) is 354 cm³/mol. The van der Waals surface area contributed by atoms with Gasteiger partial charge in [-0.3, -0.25) is 37.3 Å². The van der Waals surface area contributed by atoms with Gasteiger partial charge in [0.15, 0.2) is 12.2 Å². The first-order chi connectivity index (χ1) is 42.6. The van der Waals surface area contributed by atoms with Crippen molar-refractivity contribution >= 4 is 39.5 Å². The monoisotopic (exact) mass is 1300 g/mol. The zero-order chi connectivity index (χ0) is 64.9. The second-order valence-corrected chi connectivity index (χ2v) is 28.1. The van der Waals surface area contributed by atoms with Crippen LogP contribution in [-0.4, -0.2) is 96.7 Å². The molecule has 0 aromatic heterocycles. The lowest BCUT2D eigenvalue weighted by Gasteiger charge is -2.21. The van der Waals surface area contributed by atoms with E-state index in [4.69, 9.17) is 37.0 Å². The summed E-state index contributed by atoms with van der Waals surface area (Å²) in [7, 11) is -9.90. The molecule has 0 amide bonds. The van der Waals surface area contributed by atoms with Crippen LogP contribution in [0, 0.1) is 5.92 Å². The molecule has 0 radical (unpaired) electrons. The zero-order valence-corrected chi connectivity index (χ0v) is 58.6. The van der Waals surface area contributed by atoms with Gasteiger partial charge in [-0.2, -0.15) is 0 Å². The van der Waals surface area contributed by atoms with Gasteiger partial charge in [-0.15, -0.1) is 0 Å². The van der Waals surface area contributed by atoms with E-state index in [0.29, 0.717) is 25.7 Å². The quantitative estimate of drug-likeness (QED) is 0.0222. The van der Waals surface area contributed by atoms with Crippen molar-refractivity contribution in [1.29, 1.82) is 0 Å². The number of carbonyl (C=O) groups is 4. The van der Waals surface area contributed by atoms with E-state index in [0.717, 1.165) is 95.8 Å². The topological polar surface area (TPSA) is 237 Å². The lowest BCUT2D eigenvalue weighted by molar-refractivity contribution is -0.161. The fourth-order valence-corrected chi connectivity index (χ4v) is 12.0. The Kier molecular flexibility index (Phi) is 61.1. The Bertz CT molecular complexity index is 1710. The van der Waals surface area contributed by atoms with Crippen LogP contribution in [-0.2, 0) is 65.4 Å². The Morgan fingerprint density at radius 3 is 0.807 bits per heavy atom. The van der Waals surface area contributed by atoms with E-state index in [9.17, 15) is 43.2 Å². The minimum absolute atomic E-state index is 0.107. The highest BCUT2D eigenvalue weighted by molar-refractivity contribution is 7.47. The maximum atomic E-state index is 13.0. The zero-order valence-electron chi connectivity index (χ0n) is 56.9. The molecule has 0 aromatic rings. The Labute approximate surface area is 537 Å². The third-order valence-electron chi connectivity index (χ3n) is 16.4. The molecule has 17 nitrogen and oxygen atoms in total. The molecular weight excluding hydrogens is 1160 g/mol. The minimum Gasteiger partial charge on any atom is -0.462 e. The smallest absolute Gasteiger partial charge is 0.462 e. The van der Waals surface area contributed by atoms with E-state index in [2.05, 4.69) is 34.6 Å². The molecule has 0 saturated heterocycles. The van der Waals surface area contributed by atoms with Crippen molar-refractivity contribution in [2.45, 2.75) is 374 Å². The van der Waals surface area contributed by atoms with Crippen LogP contribution in [0.1, 0.15) is 356 Å². The number of ether oxygens (including phenoxy) is 4. The Morgan fingerprint density at radius 2 is 0.545 bits per heavy atom. The summed E-state index contributed by atoms with van der Waals surface area (Å²) >= 11 is 0. The van der Waals surface area contributed by atoms with Crippen molar-refractivity contribution in [3.63, 3.8) is 0 Å². The maximum Gasteiger partial charge on any atom is 0.472 e. The first-order valence-corrected chi connectivity index (χ1v) is 39.2. The van der Waals surface area contributed by atoms with Crippen LogP contribution in [0.2, 0.25) is 0 Å². The van der Waals surface area contributed by atoms with Crippen LogP contribution in [0.15, 0.2) is 0 Å². The van der Waals surface area contributed by atoms with Crippen molar-refractivity contribution in [2.24, 2.45) is 5.92 Å². The molecule has 0 saturated carbocycles. The van der Waals surface area contributed by atoms with Gasteiger partial charge in [-0.25, -0.2) is 9.13 Å². The SMILES string of the molecule is CCCCCCCCCCCCCCC(=O)OC[C@H](COP(=O)(O)OC[C@@H](O)COP(=O)(O)OC[C@@H](COC(=O)CCCCCCCCCCCCC)OC(=O)CCCCCCCCCCCCC)OC(=O)CCCCCCCCCCCCC(C)CC. The molecule has 0 rings (SSSR count). The van der Waals surface area contributed by atoms with Gasteiger partial charge >= 0.3 is 39.5 Å². The van der Waals surface area contributed by atoms with Gasteiger partial charge in [0.05, 0.1) is 26.4 Å². The number of carbonyl (C=O) groups excluding carboxylic acids is 4. The summed E-state index contributed by atoms with van der Waals surface area (Å²) in [6, 6.07) is 0. The fourth-order valence-electron chi connectivity index (χ4n) is 10.4. The van der Waals surface area contributed by atoms with Gasteiger partial charge in [0.2, 0.25) is 0 Å². The standard InChI is InChI=1S/C69H134O17P2/c1-6-10-13-16-19-22-25-28-33-38-43-48-53-67(72)80-59-65(86-69(74)55-50-45-40-35-30-29-31-36-41-46-51-62(5)9-4)61-84-88(77,78)82-57-63(70)56-81-87(75,76)83-60-64(85-68(73)54-49-44-39-34-27-24-21-18-15-12-8-3)58-79-66(71)52-47-42-37-32-26-23-20-17-14-11-7-2/h62-65,70H,6-61H2,1-5H3,(H,75,76)(H,77,78)/t62?,63-,64+,65+/m0/s1. The number of esters is 4. The number of rotatable bonds is 69. The van der Waals surface area contributed by atoms with Gasteiger partial charge in [0.25, 0.3) is 0 Å². The summed E-state index contributed by atoms with van der Waals surface area (Å²) in [4.78, 5) is 72.5. The van der Waals surface area contributed by atoms with Crippen molar-refractivity contribution in [3.8, 4) is 0 Å². The summed E-state index contributed by atoms with van der Waals surface area (Å²) in [5.41, 5.74) is 0. The van der Waals surface area contributed by atoms with E-state index in [1.165, 1.54) is 180 Å². The molecule has 0 heterocycles. The molecule has 3 unspecified atom stereocenters. The Balaban J connectivity index is 5.25. The van der Waals surface area contributed by atoms with E-state index >= 15 is 0 Å². The molecule has 0 aliphatic carbocycles. The second kappa shape index (κ2) is 62.5. The van der Waals surface area contributed by atoms with Crippen LogP contribution in [0.4, 0.5) is 0 Å². The van der Waals surface area contributed by atoms with E-state index in [-0.39, 0.29) is 25.7 Å². The second-order valence-electron chi connectivity index (χ2n) is 25.2. The molecule has 0 aromatic carbocycles. The highest BCUT2D eigenvalue weighted by atomic mass is 31.2. The van der Waals surface area contributed by atoms with Crippen molar-refractivity contribution < 1.29 is 80.2 Å². The van der Waals surface area contributed by atoms with Gasteiger partial charge in [-0.05, 0) is 31.6 Å². The summed E-state index contributed by atoms with van der Waals surface area (Å²) in [5.74, 6) is -1.32. The highest BCUT2D eigenvalue weighted by Crippen LogP contribution is 2.45. The number of phosphoric ester groups is 2. The predicted octanol–water partition coefficient (Wildman–Crippen LogP) is 19.7. The number of unbranched alkanes of at least 4 members (excludes halogenated alkanes) is 40.